The Morgan fingerprint density at radius 2 is 1.49 bits per heavy atom. The molecule has 0 spiro atoms. The molecule has 0 unspecified atom stereocenters. The first kappa shape index (κ1) is 22.7. The van der Waals surface area contributed by atoms with Gasteiger partial charge in [-0.3, -0.25) is 4.79 Å². The third kappa shape index (κ3) is 4.64. The SMILES string of the molecule is O=C1C(=Cc2cccc(Cl)c2Cl)Oc2cc(OC(=O)N(c3ccccc3)c3ccccc3)ccc21. The number of amides is 1. The van der Waals surface area contributed by atoms with Crippen LogP contribution in [0.5, 0.6) is 11.5 Å². The van der Waals surface area contributed by atoms with Crippen molar-refractivity contribution < 1.29 is 19.1 Å². The highest BCUT2D eigenvalue weighted by molar-refractivity contribution is 6.43. The van der Waals surface area contributed by atoms with Crippen molar-refractivity contribution in [3.8, 4) is 11.5 Å². The van der Waals surface area contributed by atoms with Crippen LogP contribution in [0.15, 0.2) is 103 Å². The second-order valence-corrected chi connectivity index (χ2v) is 8.40. The van der Waals surface area contributed by atoms with Gasteiger partial charge in [0.25, 0.3) is 0 Å². The van der Waals surface area contributed by atoms with Crippen molar-refractivity contribution in [2.75, 3.05) is 4.90 Å². The van der Waals surface area contributed by atoms with Crippen LogP contribution in [-0.4, -0.2) is 11.9 Å². The second kappa shape index (κ2) is 9.66. The van der Waals surface area contributed by atoms with E-state index < -0.39 is 6.09 Å². The highest BCUT2D eigenvalue weighted by Gasteiger charge is 2.29. The fraction of sp³-hybridized carbons (Fsp3) is 0. The number of halogens is 2. The first-order valence-electron chi connectivity index (χ1n) is 10.7. The van der Waals surface area contributed by atoms with E-state index in [9.17, 15) is 9.59 Å². The van der Waals surface area contributed by atoms with Gasteiger partial charge in [-0.05, 0) is 54.1 Å². The average molecular weight is 502 g/mol. The van der Waals surface area contributed by atoms with E-state index in [1.807, 2.05) is 60.7 Å². The van der Waals surface area contributed by atoms with E-state index in [-0.39, 0.29) is 23.0 Å². The number of benzene rings is 4. The molecule has 0 aliphatic carbocycles. The summed E-state index contributed by atoms with van der Waals surface area (Å²) in [4.78, 5) is 27.5. The molecule has 1 amide bonds. The number of allylic oxidation sites excluding steroid dienone is 1. The van der Waals surface area contributed by atoms with Crippen molar-refractivity contribution in [2.24, 2.45) is 0 Å². The van der Waals surface area contributed by atoms with E-state index in [0.717, 1.165) is 0 Å². The molecular formula is C28H17Cl2NO4. The lowest BCUT2D eigenvalue weighted by Gasteiger charge is -2.22. The predicted molar refractivity (Wildman–Crippen MR) is 137 cm³/mol. The van der Waals surface area contributed by atoms with Crippen LogP contribution in [0, 0.1) is 0 Å². The van der Waals surface area contributed by atoms with Gasteiger partial charge in [0.1, 0.15) is 11.5 Å². The summed E-state index contributed by atoms with van der Waals surface area (Å²) in [5.74, 6) is 0.322. The number of hydrogen-bond acceptors (Lipinski definition) is 4. The molecule has 172 valence electrons. The lowest BCUT2D eigenvalue weighted by atomic mass is 10.1. The second-order valence-electron chi connectivity index (χ2n) is 7.62. The fourth-order valence-corrected chi connectivity index (χ4v) is 4.03. The van der Waals surface area contributed by atoms with Crippen molar-refractivity contribution in [1.29, 1.82) is 0 Å². The normalized spacial score (nSPS) is 13.3. The van der Waals surface area contributed by atoms with Gasteiger partial charge < -0.3 is 9.47 Å². The number of nitrogens with zero attached hydrogens (tertiary/aromatic N) is 1. The molecule has 4 aromatic carbocycles. The van der Waals surface area contributed by atoms with Crippen LogP contribution in [-0.2, 0) is 0 Å². The summed E-state index contributed by atoms with van der Waals surface area (Å²) in [6, 6.07) is 28.1. The Morgan fingerprint density at radius 3 is 2.14 bits per heavy atom. The third-order valence-corrected chi connectivity index (χ3v) is 6.16. The number of hydrogen-bond donors (Lipinski definition) is 0. The quantitative estimate of drug-likeness (QED) is 0.266. The Hall–Kier alpha value is -4.06. The smallest absolute Gasteiger partial charge is 0.424 e. The van der Waals surface area contributed by atoms with Crippen molar-refractivity contribution in [3.63, 3.8) is 0 Å². The Balaban J connectivity index is 1.41. The summed E-state index contributed by atoms with van der Waals surface area (Å²) in [7, 11) is 0. The Kier molecular flexibility index (Phi) is 6.27. The highest BCUT2D eigenvalue weighted by atomic mass is 35.5. The van der Waals surface area contributed by atoms with E-state index in [1.165, 1.54) is 17.0 Å². The maximum absolute atomic E-state index is 13.2. The van der Waals surface area contributed by atoms with Crippen LogP contribution in [0.3, 0.4) is 0 Å². The third-order valence-electron chi connectivity index (χ3n) is 5.33. The van der Waals surface area contributed by atoms with Crippen LogP contribution in [0.4, 0.5) is 16.2 Å². The summed E-state index contributed by atoms with van der Waals surface area (Å²) in [6.45, 7) is 0. The van der Waals surface area contributed by atoms with Gasteiger partial charge in [-0.15, -0.1) is 0 Å². The molecule has 0 fully saturated rings. The molecule has 1 aliphatic rings. The van der Waals surface area contributed by atoms with Crippen LogP contribution >= 0.6 is 23.2 Å². The van der Waals surface area contributed by atoms with Crippen LogP contribution < -0.4 is 14.4 Å². The summed E-state index contributed by atoms with van der Waals surface area (Å²) >= 11 is 12.3. The van der Waals surface area contributed by atoms with E-state index in [2.05, 4.69) is 0 Å². The Labute approximate surface area is 211 Å². The van der Waals surface area contributed by atoms with Crippen molar-refractivity contribution >= 4 is 52.5 Å². The summed E-state index contributed by atoms with van der Waals surface area (Å²) in [5.41, 5.74) is 2.22. The highest BCUT2D eigenvalue weighted by Crippen LogP contribution is 2.37. The molecule has 0 saturated heterocycles. The van der Waals surface area contributed by atoms with Crippen molar-refractivity contribution in [2.45, 2.75) is 0 Å². The zero-order valence-electron chi connectivity index (χ0n) is 18.2. The predicted octanol–water partition coefficient (Wildman–Crippen LogP) is 7.95. The van der Waals surface area contributed by atoms with E-state index >= 15 is 0 Å². The van der Waals surface area contributed by atoms with Gasteiger partial charge in [0.05, 0.1) is 27.0 Å². The summed E-state index contributed by atoms with van der Waals surface area (Å²) in [5, 5.41) is 0.699. The van der Waals surface area contributed by atoms with Crippen LogP contribution in [0.2, 0.25) is 10.0 Å². The van der Waals surface area contributed by atoms with Gasteiger partial charge >= 0.3 is 6.09 Å². The molecule has 0 N–H and O–H groups in total. The number of carbonyl (C=O) groups is 2. The maximum Gasteiger partial charge on any atom is 0.424 e. The van der Waals surface area contributed by atoms with E-state index in [1.54, 1.807) is 30.3 Å². The van der Waals surface area contributed by atoms with E-state index in [0.29, 0.717) is 32.5 Å². The molecule has 1 aliphatic heterocycles. The number of carbonyl (C=O) groups excluding carboxylic acids is 2. The molecule has 1 heterocycles. The van der Waals surface area contributed by atoms with Gasteiger partial charge in [0.15, 0.2) is 5.76 Å². The molecule has 4 aromatic rings. The lowest BCUT2D eigenvalue weighted by molar-refractivity contribution is 0.101. The number of rotatable bonds is 4. The Morgan fingerprint density at radius 1 is 0.829 bits per heavy atom. The van der Waals surface area contributed by atoms with Gasteiger partial charge in [-0.1, -0.05) is 71.7 Å². The molecule has 7 heteroatoms. The number of ether oxygens (including phenoxy) is 2. The van der Waals surface area contributed by atoms with Crippen LogP contribution in [0.25, 0.3) is 6.08 Å². The molecule has 0 atom stereocenters. The summed E-state index contributed by atoms with van der Waals surface area (Å²) < 4.78 is 11.4. The number of Topliss-reactive ketones (excluding diaryl/α,β-unsaturated/α-hetero) is 1. The summed E-state index contributed by atoms with van der Waals surface area (Å²) in [6.07, 6.45) is 0.933. The number of ketones is 1. The standard InChI is InChI=1S/C28H17Cl2NO4/c29-23-13-7-8-18(26(23)30)16-25-27(32)22-15-14-21(17-24(22)35-25)34-28(33)31(19-9-3-1-4-10-19)20-11-5-2-6-12-20/h1-17H. The van der Waals surface area contributed by atoms with E-state index in [4.69, 9.17) is 32.7 Å². The van der Waals surface area contributed by atoms with Crippen molar-refractivity contribution in [1.82, 2.24) is 0 Å². The van der Waals surface area contributed by atoms with Gasteiger partial charge in [0.2, 0.25) is 5.78 Å². The minimum atomic E-state index is -0.604. The maximum atomic E-state index is 13.2. The monoisotopic (exact) mass is 501 g/mol. The molecule has 35 heavy (non-hydrogen) atoms. The molecule has 0 bridgehead atoms. The largest absolute Gasteiger partial charge is 0.452 e. The molecule has 5 rings (SSSR count). The number of anilines is 2. The van der Waals surface area contributed by atoms with Gasteiger partial charge in [0, 0.05) is 6.07 Å². The molecular weight excluding hydrogens is 485 g/mol. The zero-order chi connectivity index (χ0) is 24.4. The zero-order valence-corrected chi connectivity index (χ0v) is 19.7. The number of fused-ring (bicyclic) bond motifs is 1. The van der Waals surface area contributed by atoms with Gasteiger partial charge in [-0.25, -0.2) is 9.69 Å². The molecule has 0 aromatic heterocycles. The molecule has 0 radical (unpaired) electrons. The average Bonchev–Trinajstić information content (AvgIpc) is 3.18. The van der Waals surface area contributed by atoms with Crippen LogP contribution in [0.1, 0.15) is 15.9 Å². The molecule has 5 nitrogen and oxygen atoms in total. The first-order chi connectivity index (χ1) is 17.0. The minimum Gasteiger partial charge on any atom is -0.452 e. The number of para-hydroxylation sites is 2. The molecule has 0 saturated carbocycles. The van der Waals surface area contributed by atoms with Crippen molar-refractivity contribution in [3.05, 3.63) is 124 Å². The van der Waals surface area contributed by atoms with Gasteiger partial charge in [-0.2, -0.15) is 0 Å². The Bertz CT molecular complexity index is 1410. The fourth-order valence-electron chi connectivity index (χ4n) is 3.66. The lowest BCUT2D eigenvalue weighted by Crippen LogP contribution is -2.29. The minimum absolute atomic E-state index is 0.0999. The topological polar surface area (TPSA) is 55.8 Å². The first-order valence-corrected chi connectivity index (χ1v) is 11.4.